The fourth-order valence-corrected chi connectivity index (χ4v) is 3.66. The average molecular weight is 336 g/mol. The Balaban J connectivity index is 2.09. The summed E-state index contributed by atoms with van der Waals surface area (Å²) in [5, 5.41) is 4.65. The molecule has 0 aromatic heterocycles. The first-order valence-corrected chi connectivity index (χ1v) is 8.18. The fourth-order valence-electron chi connectivity index (χ4n) is 3.35. The van der Waals surface area contributed by atoms with Crippen LogP contribution in [0.3, 0.4) is 0 Å². The highest BCUT2D eigenvalue weighted by Gasteiger charge is 2.30. The number of hydrogen-bond donors (Lipinski definition) is 1. The van der Waals surface area contributed by atoms with Crippen molar-refractivity contribution < 1.29 is 4.74 Å². The van der Waals surface area contributed by atoms with Crippen molar-refractivity contribution in [2.45, 2.75) is 24.8 Å². The molecule has 3 rings (SSSR count). The van der Waals surface area contributed by atoms with Crippen molar-refractivity contribution >= 4 is 23.2 Å². The van der Waals surface area contributed by atoms with Gasteiger partial charge in [0.1, 0.15) is 5.75 Å². The van der Waals surface area contributed by atoms with Crippen molar-refractivity contribution in [2.24, 2.45) is 0 Å². The van der Waals surface area contributed by atoms with Gasteiger partial charge < -0.3 is 10.1 Å². The zero-order valence-corrected chi connectivity index (χ0v) is 14.2. The van der Waals surface area contributed by atoms with Gasteiger partial charge in [-0.15, -0.1) is 0 Å². The van der Waals surface area contributed by atoms with E-state index in [0.29, 0.717) is 16.1 Å². The van der Waals surface area contributed by atoms with Crippen LogP contribution in [0.2, 0.25) is 10.0 Å². The number of aryl methyl sites for hydroxylation is 1. The van der Waals surface area contributed by atoms with Crippen LogP contribution < -0.4 is 10.1 Å². The zero-order valence-electron chi connectivity index (χ0n) is 12.7. The molecule has 0 fully saturated rings. The minimum absolute atomic E-state index is 0.273. The minimum Gasteiger partial charge on any atom is -0.497 e. The monoisotopic (exact) mass is 335 g/mol. The van der Waals surface area contributed by atoms with Crippen molar-refractivity contribution in [3.63, 3.8) is 0 Å². The zero-order chi connectivity index (χ0) is 15.7. The van der Waals surface area contributed by atoms with Crippen molar-refractivity contribution in [3.8, 4) is 5.75 Å². The Labute approximate surface area is 141 Å². The van der Waals surface area contributed by atoms with Gasteiger partial charge in [0.15, 0.2) is 0 Å². The second kappa shape index (κ2) is 6.49. The molecule has 0 bridgehead atoms. The molecule has 22 heavy (non-hydrogen) atoms. The molecule has 0 radical (unpaired) electrons. The maximum atomic E-state index is 6.23. The molecule has 0 amide bonds. The van der Waals surface area contributed by atoms with Crippen LogP contribution in [0.1, 0.15) is 29.0 Å². The normalized spacial score (nSPS) is 20.5. The van der Waals surface area contributed by atoms with Crippen LogP contribution in [0.5, 0.6) is 5.75 Å². The molecular weight excluding hydrogens is 317 g/mol. The van der Waals surface area contributed by atoms with Gasteiger partial charge in [-0.1, -0.05) is 35.3 Å². The van der Waals surface area contributed by atoms with Gasteiger partial charge in [-0.05, 0) is 60.8 Å². The van der Waals surface area contributed by atoms with E-state index in [4.69, 9.17) is 27.9 Å². The number of halogens is 2. The first-order valence-electron chi connectivity index (χ1n) is 7.43. The molecule has 0 aliphatic heterocycles. The van der Waals surface area contributed by atoms with E-state index in [9.17, 15) is 0 Å². The summed E-state index contributed by atoms with van der Waals surface area (Å²) in [7, 11) is 3.72. The van der Waals surface area contributed by atoms with E-state index >= 15 is 0 Å². The maximum Gasteiger partial charge on any atom is 0.119 e. The van der Waals surface area contributed by atoms with Crippen LogP contribution in [0, 0.1) is 0 Å². The number of fused-ring (bicyclic) bond motifs is 1. The number of likely N-dealkylation sites (N-methyl/N-ethyl adjacent to an activating group) is 1. The molecule has 0 saturated heterocycles. The van der Waals surface area contributed by atoms with Crippen molar-refractivity contribution in [1.82, 2.24) is 5.32 Å². The predicted octanol–water partition coefficient (Wildman–Crippen LogP) is 4.67. The molecule has 0 heterocycles. The molecule has 1 N–H and O–H groups in total. The lowest BCUT2D eigenvalue weighted by Gasteiger charge is -2.34. The van der Waals surface area contributed by atoms with Crippen molar-refractivity contribution in [3.05, 3.63) is 63.1 Å². The molecule has 2 aromatic carbocycles. The Bertz CT molecular complexity index is 687. The third kappa shape index (κ3) is 2.83. The fraction of sp³-hybridized carbons (Fsp3) is 0.333. The summed E-state index contributed by atoms with van der Waals surface area (Å²) >= 11 is 12.3. The molecular formula is C18H19Cl2NO. The number of ether oxygens (including phenoxy) is 1. The first-order chi connectivity index (χ1) is 10.6. The minimum atomic E-state index is 0.273. The van der Waals surface area contributed by atoms with Crippen LogP contribution in [0.25, 0.3) is 0 Å². The van der Waals surface area contributed by atoms with E-state index in [1.54, 1.807) is 7.11 Å². The third-order valence-corrected chi connectivity index (χ3v) is 5.22. The molecule has 2 aromatic rings. The molecule has 2 nitrogen and oxygen atoms in total. The lowest BCUT2D eigenvalue weighted by atomic mass is 9.75. The van der Waals surface area contributed by atoms with E-state index in [2.05, 4.69) is 23.5 Å². The average Bonchev–Trinajstić information content (AvgIpc) is 2.55. The Hall–Kier alpha value is -1.22. The van der Waals surface area contributed by atoms with E-state index in [0.717, 1.165) is 18.6 Å². The van der Waals surface area contributed by atoms with Gasteiger partial charge in [0.05, 0.1) is 17.2 Å². The molecule has 1 aliphatic rings. The van der Waals surface area contributed by atoms with E-state index in [1.165, 1.54) is 16.7 Å². The van der Waals surface area contributed by atoms with Gasteiger partial charge in [-0.2, -0.15) is 0 Å². The van der Waals surface area contributed by atoms with Crippen LogP contribution in [0.4, 0.5) is 0 Å². The number of hydrogen-bond acceptors (Lipinski definition) is 2. The standard InChI is InChI=1S/C18H19Cl2NO/c1-21-17-8-4-11-9-13(22-2)5-6-14(11)18(17)12-3-7-15(19)16(20)10-12/h3,5-7,9-10,17-18,21H,4,8H2,1-2H3. The number of nitrogens with one attached hydrogen (secondary N) is 1. The van der Waals surface area contributed by atoms with Crippen LogP contribution in [-0.4, -0.2) is 20.2 Å². The Morgan fingerprint density at radius 3 is 2.59 bits per heavy atom. The Kier molecular flexibility index (Phi) is 4.62. The molecule has 0 saturated carbocycles. The second-order valence-electron chi connectivity index (χ2n) is 5.65. The number of methoxy groups -OCH3 is 1. The summed E-state index contributed by atoms with van der Waals surface area (Å²) in [6.45, 7) is 0. The highest BCUT2D eigenvalue weighted by atomic mass is 35.5. The first kappa shape index (κ1) is 15.7. The molecule has 1 aliphatic carbocycles. The molecule has 0 spiro atoms. The largest absolute Gasteiger partial charge is 0.497 e. The smallest absolute Gasteiger partial charge is 0.119 e. The SMILES string of the molecule is CNC1CCc2cc(OC)ccc2C1c1ccc(Cl)c(Cl)c1. The van der Waals surface area contributed by atoms with Crippen molar-refractivity contribution in [1.29, 1.82) is 0 Å². The molecule has 4 heteroatoms. The predicted molar refractivity (Wildman–Crippen MR) is 92.5 cm³/mol. The van der Waals surface area contributed by atoms with Crippen LogP contribution >= 0.6 is 23.2 Å². The second-order valence-corrected chi connectivity index (χ2v) is 6.46. The van der Waals surface area contributed by atoms with Gasteiger partial charge in [0.2, 0.25) is 0 Å². The Morgan fingerprint density at radius 1 is 1.09 bits per heavy atom. The molecule has 2 unspecified atom stereocenters. The van der Waals surface area contributed by atoms with E-state index in [1.807, 2.05) is 25.2 Å². The molecule has 2 atom stereocenters. The Morgan fingerprint density at radius 2 is 1.91 bits per heavy atom. The third-order valence-electron chi connectivity index (χ3n) is 4.49. The summed E-state index contributed by atoms with van der Waals surface area (Å²) in [5.41, 5.74) is 3.88. The van der Waals surface area contributed by atoms with Gasteiger partial charge >= 0.3 is 0 Å². The number of benzene rings is 2. The quantitative estimate of drug-likeness (QED) is 0.880. The highest BCUT2D eigenvalue weighted by molar-refractivity contribution is 6.42. The van der Waals surface area contributed by atoms with E-state index < -0.39 is 0 Å². The van der Waals surface area contributed by atoms with Gasteiger partial charge in [-0.25, -0.2) is 0 Å². The van der Waals surface area contributed by atoms with Crippen LogP contribution in [-0.2, 0) is 6.42 Å². The topological polar surface area (TPSA) is 21.3 Å². The van der Waals surface area contributed by atoms with Gasteiger partial charge in [0, 0.05) is 12.0 Å². The summed E-state index contributed by atoms with van der Waals surface area (Å²) < 4.78 is 5.36. The van der Waals surface area contributed by atoms with Crippen LogP contribution in [0.15, 0.2) is 36.4 Å². The van der Waals surface area contributed by atoms with Gasteiger partial charge in [-0.3, -0.25) is 0 Å². The maximum absolute atomic E-state index is 6.23. The summed E-state index contributed by atoms with van der Waals surface area (Å²) in [6.07, 6.45) is 2.14. The van der Waals surface area contributed by atoms with Crippen molar-refractivity contribution in [2.75, 3.05) is 14.2 Å². The summed E-state index contributed by atoms with van der Waals surface area (Å²) in [4.78, 5) is 0. The van der Waals surface area contributed by atoms with E-state index in [-0.39, 0.29) is 5.92 Å². The lowest BCUT2D eigenvalue weighted by molar-refractivity contribution is 0.410. The number of rotatable bonds is 3. The summed E-state index contributed by atoms with van der Waals surface area (Å²) in [6, 6.07) is 12.7. The van der Waals surface area contributed by atoms with Gasteiger partial charge in [0.25, 0.3) is 0 Å². The molecule has 116 valence electrons. The lowest BCUT2D eigenvalue weighted by Crippen LogP contribution is -2.36. The summed E-state index contributed by atoms with van der Waals surface area (Å²) in [5.74, 6) is 1.18. The highest BCUT2D eigenvalue weighted by Crippen LogP contribution is 2.39.